The van der Waals surface area contributed by atoms with Crippen LogP contribution in [-0.4, -0.2) is 4.98 Å². The third-order valence-electron chi connectivity index (χ3n) is 2.52. The number of fused-ring (bicyclic) bond motifs is 1. The van der Waals surface area contributed by atoms with Crippen molar-refractivity contribution in [3.63, 3.8) is 0 Å². The van der Waals surface area contributed by atoms with Gasteiger partial charge in [-0.3, -0.25) is 4.98 Å². The summed E-state index contributed by atoms with van der Waals surface area (Å²) in [4.78, 5) is 4.54. The second kappa shape index (κ2) is 3.58. The van der Waals surface area contributed by atoms with Crippen LogP contribution in [0.5, 0.6) is 0 Å². The summed E-state index contributed by atoms with van der Waals surface area (Å²) in [7, 11) is 0. The van der Waals surface area contributed by atoms with E-state index in [-0.39, 0.29) is 0 Å². The molecule has 2 rings (SSSR count). The first-order valence-electron chi connectivity index (χ1n) is 4.53. The van der Waals surface area contributed by atoms with Crippen molar-refractivity contribution in [2.24, 2.45) is 0 Å². The fraction of sp³-hybridized carbons (Fsp3) is 0.500. The van der Waals surface area contributed by atoms with Crippen molar-refractivity contribution in [3.8, 4) is 0 Å². The highest BCUT2D eigenvalue weighted by Gasteiger charge is 2.17. The van der Waals surface area contributed by atoms with Gasteiger partial charge in [0.1, 0.15) is 0 Å². The van der Waals surface area contributed by atoms with Crippen molar-refractivity contribution in [3.05, 3.63) is 26.4 Å². The number of pyridine rings is 1. The Hall–Kier alpha value is -0.0800. The highest BCUT2D eigenvalue weighted by atomic mass is 79.9. The molecule has 70 valence electrons. The average molecular weight is 261 g/mol. The Kier molecular flexibility index (Phi) is 2.61. The van der Waals surface area contributed by atoms with Gasteiger partial charge < -0.3 is 0 Å². The summed E-state index contributed by atoms with van der Waals surface area (Å²) in [5.41, 5.74) is 3.47. The van der Waals surface area contributed by atoms with Crippen molar-refractivity contribution in [2.75, 3.05) is 0 Å². The lowest BCUT2D eigenvalue weighted by Gasteiger charge is -2.17. The minimum absolute atomic E-state index is 0.877. The summed E-state index contributed by atoms with van der Waals surface area (Å²) in [6.07, 6.45) is 4.66. The minimum Gasteiger partial charge on any atom is -0.257 e. The van der Waals surface area contributed by atoms with E-state index in [1.165, 1.54) is 24.1 Å². The highest BCUT2D eigenvalue weighted by Crippen LogP contribution is 2.33. The van der Waals surface area contributed by atoms with Crippen LogP contribution in [0.2, 0.25) is 5.02 Å². The summed E-state index contributed by atoms with van der Waals surface area (Å²) in [5.74, 6) is 0. The molecule has 0 saturated carbocycles. The fourth-order valence-corrected chi connectivity index (χ4v) is 2.46. The molecule has 0 N–H and O–H groups in total. The standard InChI is InChI=1S/C10H11BrClN/c1-6-9(11)10(12)7-4-2-3-5-8(7)13-6/h2-5H2,1H3. The molecule has 1 heterocycles. The van der Waals surface area contributed by atoms with E-state index in [1.54, 1.807) is 0 Å². The van der Waals surface area contributed by atoms with Crippen LogP contribution in [0.1, 0.15) is 29.8 Å². The Bertz CT molecular complexity index is 349. The Labute approximate surface area is 91.6 Å². The third kappa shape index (κ3) is 1.62. The van der Waals surface area contributed by atoms with E-state index in [1.807, 2.05) is 6.92 Å². The van der Waals surface area contributed by atoms with E-state index in [9.17, 15) is 0 Å². The van der Waals surface area contributed by atoms with E-state index in [0.717, 1.165) is 28.0 Å². The van der Waals surface area contributed by atoms with Crippen LogP contribution >= 0.6 is 27.5 Å². The van der Waals surface area contributed by atoms with Gasteiger partial charge in [0.25, 0.3) is 0 Å². The van der Waals surface area contributed by atoms with Crippen molar-refractivity contribution in [2.45, 2.75) is 32.6 Å². The second-order valence-corrected chi connectivity index (χ2v) is 4.63. The van der Waals surface area contributed by atoms with Crippen LogP contribution in [0, 0.1) is 6.92 Å². The molecule has 0 radical (unpaired) electrons. The van der Waals surface area contributed by atoms with Gasteiger partial charge >= 0.3 is 0 Å². The molecule has 1 aromatic heterocycles. The summed E-state index contributed by atoms with van der Waals surface area (Å²) in [6, 6.07) is 0. The van der Waals surface area contributed by atoms with Crippen molar-refractivity contribution in [1.82, 2.24) is 4.98 Å². The first kappa shape index (κ1) is 9.47. The molecule has 0 aromatic carbocycles. The molecule has 13 heavy (non-hydrogen) atoms. The predicted molar refractivity (Wildman–Crippen MR) is 58.3 cm³/mol. The van der Waals surface area contributed by atoms with Gasteiger partial charge in [-0.05, 0) is 54.1 Å². The normalized spacial score (nSPS) is 15.6. The first-order valence-corrected chi connectivity index (χ1v) is 5.70. The molecule has 0 atom stereocenters. The lowest BCUT2D eigenvalue weighted by Crippen LogP contribution is -2.07. The summed E-state index contributed by atoms with van der Waals surface area (Å²) in [6.45, 7) is 1.99. The molecule has 0 unspecified atom stereocenters. The van der Waals surface area contributed by atoms with Crippen LogP contribution in [0.4, 0.5) is 0 Å². The zero-order chi connectivity index (χ0) is 9.42. The van der Waals surface area contributed by atoms with Crippen LogP contribution < -0.4 is 0 Å². The van der Waals surface area contributed by atoms with Crippen LogP contribution in [-0.2, 0) is 12.8 Å². The molecule has 1 nitrogen and oxygen atoms in total. The predicted octanol–water partition coefficient (Wildman–Crippen LogP) is 3.68. The third-order valence-corrected chi connectivity index (χ3v) is 4.13. The minimum atomic E-state index is 0.877. The van der Waals surface area contributed by atoms with Crippen molar-refractivity contribution in [1.29, 1.82) is 0 Å². The fourth-order valence-electron chi connectivity index (χ4n) is 1.79. The lowest BCUT2D eigenvalue weighted by atomic mass is 9.96. The molecule has 0 fully saturated rings. The molecule has 0 amide bonds. The Balaban J connectivity index is 2.60. The number of hydrogen-bond donors (Lipinski definition) is 0. The van der Waals surface area contributed by atoms with Crippen LogP contribution in [0.15, 0.2) is 4.47 Å². The van der Waals surface area contributed by atoms with Crippen molar-refractivity contribution < 1.29 is 0 Å². The summed E-state index contributed by atoms with van der Waals surface area (Å²) in [5, 5.41) is 0.877. The van der Waals surface area contributed by atoms with Crippen LogP contribution in [0.3, 0.4) is 0 Å². The lowest BCUT2D eigenvalue weighted by molar-refractivity contribution is 0.664. The number of hydrogen-bond acceptors (Lipinski definition) is 1. The van der Waals surface area contributed by atoms with E-state index in [2.05, 4.69) is 20.9 Å². The number of aromatic nitrogens is 1. The molecule has 1 aromatic rings. The van der Waals surface area contributed by atoms with Gasteiger partial charge in [-0.1, -0.05) is 11.6 Å². The number of aryl methyl sites for hydroxylation is 2. The maximum atomic E-state index is 6.23. The zero-order valence-electron chi connectivity index (χ0n) is 7.53. The van der Waals surface area contributed by atoms with Gasteiger partial charge in [-0.25, -0.2) is 0 Å². The molecule has 3 heteroatoms. The highest BCUT2D eigenvalue weighted by molar-refractivity contribution is 9.10. The molecule has 0 spiro atoms. The Morgan fingerprint density at radius 1 is 1.31 bits per heavy atom. The Morgan fingerprint density at radius 2 is 2.00 bits per heavy atom. The largest absolute Gasteiger partial charge is 0.257 e. The van der Waals surface area contributed by atoms with Crippen LogP contribution in [0.25, 0.3) is 0 Å². The van der Waals surface area contributed by atoms with Gasteiger partial charge in [0.2, 0.25) is 0 Å². The van der Waals surface area contributed by atoms with E-state index in [0.29, 0.717) is 0 Å². The molecule has 0 saturated heterocycles. The van der Waals surface area contributed by atoms with E-state index < -0.39 is 0 Å². The first-order chi connectivity index (χ1) is 6.20. The topological polar surface area (TPSA) is 12.9 Å². The van der Waals surface area contributed by atoms with Gasteiger partial charge in [-0.15, -0.1) is 0 Å². The zero-order valence-corrected chi connectivity index (χ0v) is 9.87. The maximum Gasteiger partial charge on any atom is 0.0616 e. The number of nitrogens with zero attached hydrogens (tertiary/aromatic N) is 1. The summed E-state index contributed by atoms with van der Waals surface area (Å²) < 4.78 is 0.967. The van der Waals surface area contributed by atoms with Gasteiger partial charge in [0.15, 0.2) is 0 Å². The summed E-state index contributed by atoms with van der Waals surface area (Å²) >= 11 is 9.69. The number of rotatable bonds is 0. The second-order valence-electron chi connectivity index (χ2n) is 3.46. The monoisotopic (exact) mass is 259 g/mol. The van der Waals surface area contributed by atoms with Crippen molar-refractivity contribution >= 4 is 27.5 Å². The molecular formula is C10H11BrClN. The van der Waals surface area contributed by atoms with Gasteiger partial charge in [-0.2, -0.15) is 0 Å². The SMILES string of the molecule is Cc1nc2c(c(Cl)c1Br)CCCC2. The van der Waals surface area contributed by atoms with E-state index in [4.69, 9.17) is 11.6 Å². The molecule has 0 bridgehead atoms. The molecular weight excluding hydrogens is 249 g/mol. The maximum absolute atomic E-state index is 6.23. The number of halogens is 2. The van der Waals surface area contributed by atoms with Gasteiger partial charge in [0.05, 0.1) is 15.2 Å². The molecule has 0 aliphatic heterocycles. The quantitative estimate of drug-likeness (QED) is 0.693. The Morgan fingerprint density at radius 3 is 2.77 bits per heavy atom. The average Bonchev–Trinajstić information content (AvgIpc) is 2.15. The van der Waals surface area contributed by atoms with E-state index >= 15 is 0 Å². The van der Waals surface area contributed by atoms with Gasteiger partial charge in [0, 0.05) is 5.69 Å². The molecule has 1 aliphatic rings. The smallest absolute Gasteiger partial charge is 0.0616 e. The molecule has 1 aliphatic carbocycles.